The number of thioether (sulfide) groups is 1. The van der Waals surface area contributed by atoms with Gasteiger partial charge in [-0.25, -0.2) is 4.79 Å². The molecule has 0 saturated heterocycles. The molecular formula is C15H11Cl2NO3S. The number of carbonyl (C=O) groups excluding carboxylic acids is 1. The predicted octanol–water partition coefficient (Wildman–Crippen LogP) is 4.42. The number of rotatable bonds is 5. The van der Waals surface area contributed by atoms with Gasteiger partial charge in [-0.15, -0.1) is 11.8 Å². The maximum atomic E-state index is 11.9. The van der Waals surface area contributed by atoms with Crippen LogP contribution in [0.1, 0.15) is 10.4 Å². The van der Waals surface area contributed by atoms with Gasteiger partial charge in [-0.05, 0) is 42.5 Å². The zero-order valence-electron chi connectivity index (χ0n) is 11.2. The number of halogens is 2. The van der Waals surface area contributed by atoms with Crippen LogP contribution in [0.5, 0.6) is 0 Å². The average Bonchev–Trinajstić information content (AvgIpc) is 2.48. The molecule has 4 nitrogen and oxygen atoms in total. The molecule has 1 amide bonds. The molecule has 0 heterocycles. The molecule has 0 atom stereocenters. The number of carboxylic acids is 1. The van der Waals surface area contributed by atoms with Gasteiger partial charge in [0.2, 0.25) is 5.91 Å². The minimum atomic E-state index is -1.14. The molecule has 0 aromatic heterocycles. The molecule has 22 heavy (non-hydrogen) atoms. The topological polar surface area (TPSA) is 66.4 Å². The normalized spacial score (nSPS) is 10.3. The zero-order chi connectivity index (χ0) is 16.1. The third kappa shape index (κ3) is 4.66. The van der Waals surface area contributed by atoms with Crippen molar-refractivity contribution in [2.45, 2.75) is 4.90 Å². The fourth-order valence-electron chi connectivity index (χ4n) is 1.64. The van der Waals surface area contributed by atoms with E-state index in [0.717, 1.165) is 4.90 Å². The Hall–Kier alpha value is -1.69. The lowest BCUT2D eigenvalue weighted by Gasteiger charge is -2.07. The highest BCUT2D eigenvalue weighted by atomic mass is 35.5. The lowest BCUT2D eigenvalue weighted by atomic mass is 10.2. The standard InChI is InChI=1S/C15H11Cl2NO3S/c16-9-1-4-11(5-2-9)22-8-14(19)18-10-3-6-13(17)12(7-10)15(20)21/h1-7H,8H2,(H,18,19)(H,20,21). The highest BCUT2D eigenvalue weighted by Gasteiger charge is 2.11. The number of carbonyl (C=O) groups is 2. The van der Waals surface area contributed by atoms with Gasteiger partial charge >= 0.3 is 5.97 Å². The molecular weight excluding hydrogens is 345 g/mol. The quantitative estimate of drug-likeness (QED) is 0.779. The summed E-state index contributed by atoms with van der Waals surface area (Å²) in [5, 5.41) is 12.4. The number of amides is 1. The van der Waals surface area contributed by atoms with E-state index in [4.69, 9.17) is 28.3 Å². The van der Waals surface area contributed by atoms with Gasteiger partial charge in [-0.2, -0.15) is 0 Å². The minimum Gasteiger partial charge on any atom is -0.478 e. The van der Waals surface area contributed by atoms with E-state index in [1.807, 2.05) is 12.1 Å². The van der Waals surface area contributed by atoms with Crippen molar-refractivity contribution < 1.29 is 14.7 Å². The summed E-state index contributed by atoms with van der Waals surface area (Å²) in [6, 6.07) is 11.5. The maximum absolute atomic E-state index is 11.9. The van der Waals surface area contributed by atoms with Gasteiger partial charge in [0, 0.05) is 15.6 Å². The van der Waals surface area contributed by atoms with Crippen molar-refractivity contribution in [3.63, 3.8) is 0 Å². The Morgan fingerprint density at radius 1 is 1.09 bits per heavy atom. The second kappa shape index (κ2) is 7.54. The van der Waals surface area contributed by atoms with Crippen LogP contribution in [0.4, 0.5) is 5.69 Å². The fraction of sp³-hybridized carbons (Fsp3) is 0.0667. The average molecular weight is 356 g/mol. The van der Waals surface area contributed by atoms with Crippen LogP contribution in [0.3, 0.4) is 0 Å². The molecule has 0 aliphatic rings. The Morgan fingerprint density at radius 3 is 2.41 bits per heavy atom. The Morgan fingerprint density at radius 2 is 1.77 bits per heavy atom. The summed E-state index contributed by atoms with van der Waals surface area (Å²) < 4.78 is 0. The fourth-order valence-corrected chi connectivity index (χ4v) is 2.67. The first-order valence-corrected chi connectivity index (χ1v) is 7.91. The number of nitrogens with one attached hydrogen (secondary N) is 1. The minimum absolute atomic E-state index is 0.0511. The van der Waals surface area contributed by atoms with Gasteiger partial charge in [-0.1, -0.05) is 23.2 Å². The lowest BCUT2D eigenvalue weighted by molar-refractivity contribution is -0.113. The van der Waals surface area contributed by atoms with Crippen molar-refractivity contribution in [1.82, 2.24) is 0 Å². The molecule has 2 aromatic rings. The lowest BCUT2D eigenvalue weighted by Crippen LogP contribution is -2.14. The van der Waals surface area contributed by atoms with Crippen molar-refractivity contribution in [2.24, 2.45) is 0 Å². The molecule has 0 aliphatic carbocycles. The van der Waals surface area contributed by atoms with Crippen molar-refractivity contribution >= 4 is 52.5 Å². The predicted molar refractivity (Wildman–Crippen MR) is 89.2 cm³/mol. The molecule has 2 aromatic carbocycles. The second-order valence-electron chi connectivity index (χ2n) is 4.29. The van der Waals surface area contributed by atoms with E-state index in [1.54, 1.807) is 18.2 Å². The Bertz CT molecular complexity index is 704. The van der Waals surface area contributed by atoms with E-state index in [0.29, 0.717) is 10.7 Å². The van der Waals surface area contributed by atoms with E-state index < -0.39 is 5.97 Å². The molecule has 0 spiro atoms. The summed E-state index contributed by atoms with van der Waals surface area (Å²) in [4.78, 5) is 23.8. The van der Waals surface area contributed by atoms with Crippen LogP contribution in [-0.2, 0) is 4.79 Å². The van der Waals surface area contributed by atoms with Crippen LogP contribution in [0.15, 0.2) is 47.4 Å². The van der Waals surface area contributed by atoms with E-state index in [-0.39, 0.29) is 22.2 Å². The molecule has 0 aliphatic heterocycles. The van der Waals surface area contributed by atoms with Crippen LogP contribution in [0.2, 0.25) is 10.0 Å². The van der Waals surface area contributed by atoms with Crippen LogP contribution in [0, 0.1) is 0 Å². The molecule has 7 heteroatoms. The van der Waals surface area contributed by atoms with E-state index in [2.05, 4.69) is 5.32 Å². The first-order valence-electron chi connectivity index (χ1n) is 6.17. The van der Waals surface area contributed by atoms with Gasteiger partial charge < -0.3 is 10.4 Å². The van der Waals surface area contributed by atoms with E-state index in [9.17, 15) is 9.59 Å². The molecule has 114 valence electrons. The Balaban J connectivity index is 1.96. The van der Waals surface area contributed by atoms with Gasteiger partial charge in [0.25, 0.3) is 0 Å². The first kappa shape index (κ1) is 16.7. The number of benzene rings is 2. The first-order chi connectivity index (χ1) is 10.5. The second-order valence-corrected chi connectivity index (χ2v) is 6.18. The van der Waals surface area contributed by atoms with Crippen molar-refractivity contribution in [2.75, 3.05) is 11.1 Å². The van der Waals surface area contributed by atoms with Crippen molar-refractivity contribution in [3.8, 4) is 0 Å². The summed E-state index contributed by atoms with van der Waals surface area (Å²) in [6.45, 7) is 0. The van der Waals surface area contributed by atoms with E-state index >= 15 is 0 Å². The molecule has 0 bridgehead atoms. The van der Waals surface area contributed by atoms with Gasteiger partial charge in [-0.3, -0.25) is 4.79 Å². The molecule has 2 rings (SSSR count). The smallest absolute Gasteiger partial charge is 0.337 e. The zero-order valence-corrected chi connectivity index (χ0v) is 13.5. The largest absolute Gasteiger partial charge is 0.478 e. The monoisotopic (exact) mass is 355 g/mol. The highest BCUT2D eigenvalue weighted by molar-refractivity contribution is 8.00. The number of hydrogen-bond acceptors (Lipinski definition) is 3. The number of carboxylic acid groups (broad SMARTS) is 1. The number of aromatic carboxylic acids is 1. The molecule has 0 fully saturated rings. The van der Waals surface area contributed by atoms with Crippen LogP contribution >= 0.6 is 35.0 Å². The summed E-state index contributed by atoms with van der Waals surface area (Å²) >= 11 is 12.9. The highest BCUT2D eigenvalue weighted by Crippen LogP contribution is 2.22. The Labute approximate surface area is 141 Å². The number of anilines is 1. The summed E-state index contributed by atoms with van der Waals surface area (Å²) in [5.41, 5.74) is 0.341. The van der Waals surface area contributed by atoms with Crippen molar-refractivity contribution in [1.29, 1.82) is 0 Å². The SMILES string of the molecule is O=C(CSc1ccc(Cl)cc1)Nc1ccc(Cl)c(C(=O)O)c1. The molecule has 0 saturated carbocycles. The summed E-state index contributed by atoms with van der Waals surface area (Å²) in [6.07, 6.45) is 0. The van der Waals surface area contributed by atoms with Crippen LogP contribution < -0.4 is 5.32 Å². The summed E-state index contributed by atoms with van der Waals surface area (Å²) in [7, 11) is 0. The summed E-state index contributed by atoms with van der Waals surface area (Å²) in [5.74, 6) is -1.18. The van der Waals surface area contributed by atoms with Crippen LogP contribution in [0.25, 0.3) is 0 Å². The maximum Gasteiger partial charge on any atom is 0.337 e. The Kier molecular flexibility index (Phi) is 5.71. The van der Waals surface area contributed by atoms with Crippen molar-refractivity contribution in [3.05, 3.63) is 58.1 Å². The van der Waals surface area contributed by atoms with E-state index in [1.165, 1.54) is 23.9 Å². The third-order valence-electron chi connectivity index (χ3n) is 2.66. The van der Waals surface area contributed by atoms with Gasteiger partial charge in [0.15, 0.2) is 0 Å². The van der Waals surface area contributed by atoms with Gasteiger partial charge in [0.05, 0.1) is 16.3 Å². The van der Waals surface area contributed by atoms with Gasteiger partial charge in [0.1, 0.15) is 0 Å². The molecule has 0 unspecified atom stereocenters. The molecule has 2 N–H and O–H groups in total. The third-order valence-corrected chi connectivity index (χ3v) is 4.26. The van der Waals surface area contributed by atoms with Crippen LogP contribution in [-0.4, -0.2) is 22.7 Å². The molecule has 0 radical (unpaired) electrons. The number of hydrogen-bond donors (Lipinski definition) is 2.